The smallest absolute Gasteiger partial charge is 0.410 e. The van der Waals surface area contributed by atoms with Crippen LogP contribution in [-0.4, -0.2) is 38.3 Å². The average Bonchev–Trinajstić information content (AvgIpc) is 2.80. The van der Waals surface area contributed by atoms with Gasteiger partial charge in [0, 0.05) is 6.54 Å². The van der Waals surface area contributed by atoms with Gasteiger partial charge in [-0.05, 0) is 17.7 Å². The minimum absolute atomic E-state index is 0.285. The Kier molecular flexibility index (Phi) is 3.94. The second-order valence-corrected chi connectivity index (χ2v) is 4.18. The van der Waals surface area contributed by atoms with Crippen molar-refractivity contribution in [2.75, 3.05) is 27.3 Å². The van der Waals surface area contributed by atoms with Gasteiger partial charge in [0.15, 0.2) is 11.5 Å². The van der Waals surface area contributed by atoms with E-state index in [0.717, 1.165) is 5.56 Å². The van der Waals surface area contributed by atoms with Crippen molar-refractivity contribution in [1.82, 2.24) is 4.90 Å². The van der Waals surface area contributed by atoms with Gasteiger partial charge in [-0.2, -0.15) is 0 Å². The molecule has 1 fully saturated rings. The molecule has 19 heavy (non-hydrogen) atoms. The highest BCUT2D eigenvalue weighted by Gasteiger charge is 2.31. The molecule has 2 rings (SSSR count). The van der Waals surface area contributed by atoms with Crippen molar-refractivity contribution in [3.05, 3.63) is 36.4 Å². The Balaban J connectivity index is 2.19. The molecule has 0 aliphatic carbocycles. The number of benzene rings is 1. The van der Waals surface area contributed by atoms with Gasteiger partial charge < -0.3 is 19.1 Å². The van der Waals surface area contributed by atoms with Crippen LogP contribution in [0.25, 0.3) is 0 Å². The molecule has 1 amide bonds. The summed E-state index contributed by atoms with van der Waals surface area (Å²) < 4.78 is 15.7. The Morgan fingerprint density at radius 2 is 2.16 bits per heavy atom. The average molecular weight is 263 g/mol. The Labute approximate surface area is 112 Å². The van der Waals surface area contributed by atoms with Gasteiger partial charge in [-0.15, -0.1) is 6.58 Å². The molecule has 1 heterocycles. The monoisotopic (exact) mass is 263 g/mol. The van der Waals surface area contributed by atoms with E-state index in [9.17, 15) is 4.79 Å². The van der Waals surface area contributed by atoms with E-state index >= 15 is 0 Å². The fourth-order valence-corrected chi connectivity index (χ4v) is 2.04. The topological polar surface area (TPSA) is 48.0 Å². The molecule has 1 atom stereocenters. The zero-order valence-electron chi connectivity index (χ0n) is 11.1. The van der Waals surface area contributed by atoms with Crippen LogP contribution in [0.2, 0.25) is 0 Å². The highest BCUT2D eigenvalue weighted by Crippen LogP contribution is 2.33. The summed E-state index contributed by atoms with van der Waals surface area (Å²) in [4.78, 5) is 13.2. The van der Waals surface area contributed by atoms with Crippen molar-refractivity contribution in [2.45, 2.75) is 6.10 Å². The first-order valence-electron chi connectivity index (χ1n) is 5.98. The van der Waals surface area contributed by atoms with Crippen LogP contribution in [0.15, 0.2) is 30.9 Å². The second kappa shape index (κ2) is 5.65. The Hall–Kier alpha value is -2.17. The maximum Gasteiger partial charge on any atom is 0.410 e. The molecule has 1 aromatic carbocycles. The van der Waals surface area contributed by atoms with Crippen LogP contribution in [0.3, 0.4) is 0 Å². The number of cyclic esters (lactones) is 1. The Bertz CT molecular complexity index is 486. The number of carbonyl (C=O) groups is 1. The molecule has 1 saturated heterocycles. The number of ether oxygens (including phenoxy) is 3. The lowest BCUT2D eigenvalue weighted by molar-refractivity contribution is 0.133. The zero-order valence-corrected chi connectivity index (χ0v) is 11.1. The first kappa shape index (κ1) is 13.3. The fraction of sp³-hybridized carbons (Fsp3) is 0.357. The molecule has 0 N–H and O–H groups in total. The van der Waals surface area contributed by atoms with Crippen molar-refractivity contribution >= 4 is 6.09 Å². The summed E-state index contributed by atoms with van der Waals surface area (Å²) in [6.07, 6.45) is 1.07. The van der Waals surface area contributed by atoms with Crippen molar-refractivity contribution in [3.8, 4) is 11.5 Å². The van der Waals surface area contributed by atoms with Gasteiger partial charge >= 0.3 is 6.09 Å². The number of carbonyl (C=O) groups excluding carboxylic acids is 1. The van der Waals surface area contributed by atoms with Crippen LogP contribution in [0.1, 0.15) is 11.7 Å². The number of methoxy groups -OCH3 is 2. The van der Waals surface area contributed by atoms with Crippen molar-refractivity contribution in [3.63, 3.8) is 0 Å². The van der Waals surface area contributed by atoms with E-state index in [-0.39, 0.29) is 12.2 Å². The summed E-state index contributed by atoms with van der Waals surface area (Å²) in [6, 6.07) is 5.50. The first-order valence-corrected chi connectivity index (χ1v) is 5.98. The summed E-state index contributed by atoms with van der Waals surface area (Å²) in [6.45, 7) is 4.62. The minimum Gasteiger partial charge on any atom is -0.493 e. The Morgan fingerprint density at radius 3 is 2.79 bits per heavy atom. The van der Waals surface area contributed by atoms with E-state index in [4.69, 9.17) is 14.2 Å². The molecular weight excluding hydrogens is 246 g/mol. The van der Waals surface area contributed by atoms with Gasteiger partial charge in [0.2, 0.25) is 0 Å². The van der Waals surface area contributed by atoms with Gasteiger partial charge in [-0.3, -0.25) is 0 Å². The summed E-state index contributed by atoms with van der Waals surface area (Å²) in [5.41, 5.74) is 0.887. The summed E-state index contributed by atoms with van der Waals surface area (Å²) in [5, 5.41) is 0. The second-order valence-electron chi connectivity index (χ2n) is 4.18. The predicted molar refractivity (Wildman–Crippen MR) is 70.5 cm³/mol. The third-order valence-electron chi connectivity index (χ3n) is 3.02. The molecule has 0 saturated carbocycles. The van der Waals surface area contributed by atoms with Crippen molar-refractivity contribution < 1.29 is 19.0 Å². The molecule has 0 aromatic heterocycles. The Morgan fingerprint density at radius 1 is 1.42 bits per heavy atom. The van der Waals surface area contributed by atoms with E-state index in [2.05, 4.69) is 6.58 Å². The maximum atomic E-state index is 11.6. The lowest BCUT2D eigenvalue weighted by Gasteiger charge is -2.13. The lowest BCUT2D eigenvalue weighted by Crippen LogP contribution is -2.24. The van der Waals surface area contributed by atoms with Gasteiger partial charge in [-0.25, -0.2) is 4.79 Å². The molecule has 0 bridgehead atoms. The van der Waals surface area contributed by atoms with Gasteiger partial charge in [0.1, 0.15) is 6.10 Å². The van der Waals surface area contributed by atoms with E-state index in [1.165, 1.54) is 0 Å². The number of hydrogen-bond acceptors (Lipinski definition) is 4. The first-order chi connectivity index (χ1) is 9.19. The molecular formula is C14H17NO4. The lowest BCUT2D eigenvalue weighted by atomic mass is 10.1. The summed E-state index contributed by atoms with van der Waals surface area (Å²) in [5.74, 6) is 1.27. The van der Waals surface area contributed by atoms with Gasteiger partial charge in [0.05, 0.1) is 20.8 Å². The fourth-order valence-electron chi connectivity index (χ4n) is 2.04. The molecule has 1 unspecified atom stereocenters. The normalized spacial score (nSPS) is 18.1. The molecule has 102 valence electrons. The van der Waals surface area contributed by atoms with Crippen LogP contribution in [0, 0.1) is 0 Å². The number of nitrogens with zero attached hydrogens (tertiary/aromatic N) is 1. The largest absolute Gasteiger partial charge is 0.493 e. The third-order valence-corrected chi connectivity index (χ3v) is 3.02. The quantitative estimate of drug-likeness (QED) is 0.765. The van der Waals surface area contributed by atoms with Crippen LogP contribution < -0.4 is 9.47 Å². The summed E-state index contributed by atoms with van der Waals surface area (Å²) in [7, 11) is 3.16. The highest BCUT2D eigenvalue weighted by molar-refractivity contribution is 5.70. The number of rotatable bonds is 5. The molecule has 0 spiro atoms. The molecule has 5 heteroatoms. The minimum atomic E-state index is -0.320. The zero-order chi connectivity index (χ0) is 13.8. The number of amides is 1. The van der Waals surface area contributed by atoms with Crippen LogP contribution in [-0.2, 0) is 4.74 Å². The standard InChI is InChI=1S/C14H17NO4/c1-4-7-15-9-13(19-14(15)16)10-5-6-11(17-2)12(8-10)18-3/h4-6,8,13H,1,7,9H2,2-3H3. The van der Waals surface area contributed by atoms with E-state index < -0.39 is 0 Å². The highest BCUT2D eigenvalue weighted by atomic mass is 16.6. The van der Waals surface area contributed by atoms with Crippen LogP contribution in [0.4, 0.5) is 4.79 Å². The molecule has 0 radical (unpaired) electrons. The van der Waals surface area contributed by atoms with Gasteiger partial charge in [0.25, 0.3) is 0 Å². The summed E-state index contributed by atoms with van der Waals surface area (Å²) >= 11 is 0. The third kappa shape index (κ3) is 2.65. The maximum absolute atomic E-state index is 11.6. The van der Waals surface area contributed by atoms with Crippen LogP contribution >= 0.6 is 0 Å². The number of hydrogen-bond donors (Lipinski definition) is 0. The van der Waals surface area contributed by atoms with E-state index in [1.54, 1.807) is 31.3 Å². The molecule has 5 nitrogen and oxygen atoms in total. The molecule has 1 aromatic rings. The van der Waals surface area contributed by atoms with E-state index in [1.807, 2.05) is 12.1 Å². The molecule has 1 aliphatic rings. The van der Waals surface area contributed by atoms with Crippen molar-refractivity contribution in [1.29, 1.82) is 0 Å². The van der Waals surface area contributed by atoms with Gasteiger partial charge in [-0.1, -0.05) is 12.1 Å². The predicted octanol–water partition coefficient (Wildman–Crippen LogP) is 2.38. The van der Waals surface area contributed by atoms with E-state index in [0.29, 0.717) is 24.6 Å². The van der Waals surface area contributed by atoms with Crippen molar-refractivity contribution in [2.24, 2.45) is 0 Å². The SMILES string of the molecule is C=CCN1CC(c2ccc(OC)c(OC)c2)OC1=O. The molecule has 1 aliphatic heterocycles. The van der Waals surface area contributed by atoms with Crippen LogP contribution in [0.5, 0.6) is 11.5 Å².